The van der Waals surface area contributed by atoms with Crippen molar-refractivity contribution in [2.75, 3.05) is 4.90 Å². The van der Waals surface area contributed by atoms with Gasteiger partial charge in [0.2, 0.25) is 0 Å². The summed E-state index contributed by atoms with van der Waals surface area (Å²) in [6.07, 6.45) is 3.05. The molecule has 0 unspecified atom stereocenters. The number of fused-ring (bicyclic) bond motifs is 2. The van der Waals surface area contributed by atoms with Crippen molar-refractivity contribution in [3.63, 3.8) is 0 Å². The van der Waals surface area contributed by atoms with Crippen molar-refractivity contribution in [2.24, 2.45) is 0 Å². The van der Waals surface area contributed by atoms with Crippen LogP contribution < -0.4 is 4.90 Å². The highest BCUT2D eigenvalue weighted by Gasteiger charge is 2.36. The van der Waals surface area contributed by atoms with E-state index in [2.05, 4.69) is 106 Å². The number of aromatic nitrogens is 3. The molecule has 1 aromatic heterocycles. The number of anilines is 3. The monoisotopic (exact) mass is 364 g/mol. The van der Waals surface area contributed by atoms with Crippen molar-refractivity contribution in [3.8, 4) is 11.4 Å². The quantitative estimate of drug-likeness (QED) is 0.461. The molecule has 1 aliphatic heterocycles. The molecule has 28 heavy (non-hydrogen) atoms. The highest BCUT2D eigenvalue weighted by Crippen LogP contribution is 2.51. The number of benzene rings is 3. The topological polar surface area (TPSA) is 41.9 Å². The predicted molar refractivity (Wildman–Crippen MR) is 112 cm³/mol. The molecule has 0 aliphatic carbocycles. The first-order valence-electron chi connectivity index (χ1n) is 9.38. The van der Waals surface area contributed by atoms with Crippen molar-refractivity contribution < 1.29 is 0 Å². The van der Waals surface area contributed by atoms with Gasteiger partial charge in [0.15, 0.2) is 5.82 Å². The van der Waals surface area contributed by atoms with Crippen molar-refractivity contribution in [1.29, 1.82) is 0 Å². The van der Waals surface area contributed by atoms with E-state index in [1.807, 2.05) is 0 Å². The first-order valence-corrected chi connectivity index (χ1v) is 9.38. The molecule has 5 rings (SSSR count). The first-order chi connectivity index (χ1) is 13.7. The average molecular weight is 364 g/mol. The molecule has 0 amide bonds. The first kappa shape index (κ1) is 16.6. The van der Waals surface area contributed by atoms with Crippen molar-refractivity contribution >= 4 is 17.1 Å². The smallest absolute Gasteiger partial charge is 0.162 e. The van der Waals surface area contributed by atoms with Gasteiger partial charge in [-0.25, -0.2) is 15.0 Å². The Bertz CT molecular complexity index is 1090. The molecule has 0 saturated heterocycles. The van der Waals surface area contributed by atoms with E-state index in [9.17, 15) is 0 Å². The maximum atomic E-state index is 4.25. The van der Waals surface area contributed by atoms with E-state index in [1.165, 1.54) is 35.2 Å². The van der Waals surface area contributed by atoms with Crippen molar-refractivity contribution in [1.82, 2.24) is 15.0 Å². The molecule has 0 saturated carbocycles. The number of para-hydroxylation sites is 2. The number of rotatable bonds is 2. The fraction of sp³-hybridized carbons (Fsp3) is 0.125. The van der Waals surface area contributed by atoms with Gasteiger partial charge in [-0.2, -0.15) is 0 Å². The van der Waals surface area contributed by atoms with Crippen LogP contribution in [-0.2, 0) is 5.41 Å². The molecule has 0 radical (unpaired) electrons. The molecule has 0 bridgehead atoms. The van der Waals surface area contributed by atoms with Gasteiger partial charge in [0.1, 0.15) is 12.7 Å². The average Bonchev–Trinajstić information content (AvgIpc) is 2.75. The molecular weight excluding hydrogens is 344 g/mol. The lowest BCUT2D eigenvalue weighted by Crippen LogP contribution is -2.30. The van der Waals surface area contributed by atoms with E-state index in [1.54, 1.807) is 0 Å². The molecule has 1 aliphatic rings. The molecule has 2 heterocycles. The molecule has 0 N–H and O–H groups in total. The third-order valence-corrected chi connectivity index (χ3v) is 5.51. The minimum Gasteiger partial charge on any atom is -0.310 e. The number of nitrogens with zero attached hydrogens (tertiary/aromatic N) is 4. The highest BCUT2D eigenvalue weighted by molar-refractivity contribution is 5.86. The molecule has 0 atom stereocenters. The second-order valence-corrected chi connectivity index (χ2v) is 7.50. The zero-order valence-electron chi connectivity index (χ0n) is 15.9. The largest absolute Gasteiger partial charge is 0.310 e. The Kier molecular flexibility index (Phi) is 3.72. The lowest BCUT2D eigenvalue weighted by atomic mass is 9.73. The van der Waals surface area contributed by atoms with E-state index in [4.69, 9.17) is 0 Å². The van der Waals surface area contributed by atoms with Crippen LogP contribution >= 0.6 is 0 Å². The molecule has 4 aromatic rings. The zero-order chi connectivity index (χ0) is 19.1. The van der Waals surface area contributed by atoms with E-state index in [-0.39, 0.29) is 5.41 Å². The second-order valence-electron chi connectivity index (χ2n) is 7.50. The Morgan fingerprint density at radius 2 is 1.21 bits per heavy atom. The predicted octanol–water partition coefficient (Wildman–Crippen LogP) is 5.65. The molecular formula is C24H20N4. The van der Waals surface area contributed by atoms with E-state index >= 15 is 0 Å². The van der Waals surface area contributed by atoms with E-state index in [0.29, 0.717) is 5.82 Å². The SMILES string of the molecule is CC1(C)c2ccccc2N(c2ccc(-c3ncncn3)cc2)c2ccccc21. The van der Waals surface area contributed by atoms with Crippen LogP contribution in [0.25, 0.3) is 11.4 Å². The molecule has 4 heteroatoms. The summed E-state index contributed by atoms with van der Waals surface area (Å²) in [6.45, 7) is 4.60. The van der Waals surface area contributed by atoms with Crippen LogP contribution in [0.2, 0.25) is 0 Å². The van der Waals surface area contributed by atoms with Crippen LogP contribution in [0.5, 0.6) is 0 Å². The maximum absolute atomic E-state index is 4.25. The summed E-state index contributed by atoms with van der Waals surface area (Å²) in [5, 5.41) is 0. The van der Waals surface area contributed by atoms with E-state index in [0.717, 1.165) is 11.3 Å². The summed E-state index contributed by atoms with van der Waals surface area (Å²) >= 11 is 0. The lowest BCUT2D eigenvalue weighted by molar-refractivity contribution is 0.632. The minimum absolute atomic E-state index is 0.0471. The molecule has 0 fully saturated rings. The lowest BCUT2D eigenvalue weighted by Gasteiger charge is -2.42. The summed E-state index contributed by atoms with van der Waals surface area (Å²) in [6, 6.07) is 25.7. The summed E-state index contributed by atoms with van der Waals surface area (Å²) in [7, 11) is 0. The van der Waals surface area contributed by atoms with Crippen LogP contribution in [0, 0.1) is 0 Å². The van der Waals surface area contributed by atoms with Gasteiger partial charge in [0, 0.05) is 16.7 Å². The van der Waals surface area contributed by atoms with E-state index < -0.39 is 0 Å². The maximum Gasteiger partial charge on any atom is 0.162 e. The van der Waals surface area contributed by atoms with Crippen LogP contribution in [0.4, 0.5) is 17.1 Å². The standard InChI is InChI=1S/C24H20N4/c1-24(2)19-7-3-5-9-21(19)28(22-10-6-4-8-20(22)24)18-13-11-17(12-14-18)23-26-15-25-16-27-23/h3-16H,1-2H3. The van der Waals surface area contributed by atoms with Crippen molar-refractivity contribution in [3.05, 3.63) is 96.6 Å². The molecule has 3 aromatic carbocycles. The summed E-state index contributed by atoms with van der Waals surface area (Å²) < 4.78 is 0. The van der Waals surface area contributed by atoms with Gasteiger partial charge < -0.3 is 4.90 Å². The molecule has 136 valence electrons. The van der Waals surface area contributed by atoms with Gasteiger partial charge in [0.05, 0.1) is 11.4 Å². The van der Waals surface area contributed by atoms with Crippen molar-refractivity contribution in [2.45, 2.75) is 19.3 Å². The highest BCUT2D eigenvalue weighted by atomic mass is 15.2. The number of hydrogen-bond acceptors (Lipinski definition) is 4. The van der Waals surface area contributed by atoms with Gasteiger partial charge in [-0.15, -0.1) is 0 Å². The Hall–Kier alpha value is -3.53. The van der Waals surface area contributed by atoms with Crippen LogP contribution in [0.3, 0.4) is 0 Å². The summed E-state index contributed by atoms with van der Waals surface area (Å²) in [5.74, 6) is 0.683. The fourth-order valence-electron chi connectivity index (χ4n) is 4.10. The van der Waals surface area contributed by atoms with Crippen LogP contribution in [0.15, 0.2) is 85.5 Å². The molecule has 0 spiro atoms. The van der Waals surface area contributed by atoms with Crippen LogP contribution in [-0.4, -0.2) is 15.0 Å². The van der Waals surface area contributed by atoms with Gasteiger partial charge in [-0.1, -0.05) is 50.2 Å². The number of hydrogen-bond donors (Lipinski definition) is 0. The third kappa shape index (κ3) is 2.49. The Morgan fingerprint density at radius 3 is 1.79 bits per heavy atom. The Morgan fingerprint density at radius 1 is 0.679 bits per heavy atom. The molecule has 4 nitrogen and oxygen atoms in total. The summed E-state index contributed by atoms with van der Waals surface area (Å²) in [5.41, 5.74) is 7.15. The summed E-state index contributed by atoms with van der Waals surface area (Å²) in [4.78, 5) is 14.7. The Balaban J connectivity index is 1.67. The second kappa shape index (κ2) is 6.27. The third-order valence-electron chi connectivity index (χ3n) is 5.51. The van der Waals surface area contributed by atoms with Crippen LogP contribution in [0.1, 0.15) is 25.0 Å². The van der Waals surface area contributed by atoms with Gasteiger partial charge in [0.25, 0.3) is 0 Å². The van der Waals surface area contributed by atoms with Gasteiger partial charge in [-0.3, -0.25) is 0 Å². The van der Waals surface area contributed by atoms with Gasteiger partial charge in [-0.05, 0) is 47.5 Å². The minimum atomic E-state index is -0.0471. The normalized spacial score (nSPS) is 14.3. The zero-order valence-corrected chi connectivity index (χ0v) is 15.9. The fourth-order valence-corrected chi connectivity index (χ4v) is 4.10. The van der Waals surface area contributed by atoms with Gasteiger partial charge >= 0.3 is 0 Å². The Labute approximate surface area is 164 Å².